The van der Waals surface area contributed by atoms with Gasteiger partial charge in [0.15, 0.2) is 0 Å². The van der Waals surface area contributed by atoms with Gasteiger partial charge in [0.05, 0.1) is 12.1 Å². The molecule has 2 aromatic rings. The van der Waals surface area contributed by atoms with E-state index in [9.17, 15) is 8.42 Å². The van der Waals surface area contributed by atoms with Crippen LogP contribution in [0.5, 0.6) is 5.88 Å². The van der Waals surface area contributed by atoms with Gasteiger partial charge in [0.2, 0.25) is 11.8 Å². The molecule has 0 amide bonds. The number of rotatable bonds is 5. The largest absolute Gasteiger partial charge is 0.481 e. The normalized spacial score (nSPS) is 11.3. The summed E-state index contributed by atoms with van der Waals surface area (Å²) in [6, 6.07) is 7.89. The number of methoxy groups -OCH3 is 1. The third-order valence-corrected chi connectivity index (χ3v) is 5.30. The second-order valence-electron chi connectivity index (χ2n) is 4.45. The molecule has 0 atom stereocenters. The maximum atomic E-state index is 12.8. The molecule has 22 heavy (non-hydrogen) atoms. The van der Waals surface area contributed by atoms with Crippen molar-refractivity contribution < 1.29 is 13.2 Å². The van der Waals surface area contributed by atoms with Crippen LogP contribution in [0.1, 0.15) is 12.6 Å². The van der Waals surface area contributed by atoms with E-state index in [0.29, 0.717) is 11.6 Å². The molecule has 8 heteroatoms. The summed E-state index contributed by atoms with van der Waals surface area (Å²) >= 11 is 6.02. The van der Waals surface area contributed by atoms with E-state index < -0.39 is 10.0 Å². The minimum Gasteiger partial charge on any atom is -0.481 e. The fraction of sp³-hybridized carbons (Fsp3) is 0.286. The van der Waals surface area contributed by atoms with E-state index in [1.807, 2.05) is 0 Å². The van der Waals surface area contributed by atoms with Crippen molar-refractivity contribution in [3.8, 4) is 5.88 Å². The summed E-state index contributed by atoms with van der Waals surface area (Å²) in [6.07, 6.45) is 0. The Morgan fingerprint density at radius 1 is 1.27 bits per heavy atom. The van der Waals surface area contributed by atoms with Gasteiger partial charge in [-0.15, -0.1) is 0 Å². The second kappa shape index (κ2) is 6.50. The van der Waals surface area contributed by atoms with E-state index in [2.05, 4.69) is 9.97 Å². The molecule has 1 aromatic heterocycles. The molecule has 0 saturated heterocycles. The number of halogens is 1. The van der Waals surface area contributed by atoms with Gasteiger partial charge in [-0.25, -0.2) is 17.7 Å². The summed E-state index contributed by atoms with van der Waals surface area (Å²) in [7, 11) is -2.39. The topological polar surface area (TPSA) is 72.4 Å². The molecular weight excluding hydrogens is 326 g/mol. The van der Waals surface area contributed by atoms with Crippen LogP contribution in [0.25, 0.3) is 0 Å². The lowest BCUT2D eigenvalue weighted by Gasteiger charge is -2.21. The average Bonchev–Trinajstić information content (AvgIpc) is 2.47. The van der Waals surface area contributed by atoms with Crippen molar-refractivity contribution in [3.63, 3.8) is 0 Å². The average molecular weight is 342 g/mol. The summed E-state index contributed by atoms with van der Waals surface area (Å²) in [5.74, 6) is 0.356. The van der Waals surface area contributed by atoms with E-state index in [4.69, 9.17) is 16.3 Å². The quantitative estimate of drug-likeness (QED) is 0.836. The molecule has 6 nitrogen and oxygen atoms in total. The van der Waals surface area contributed by atoms with E-state index in [0.717, 1.165) is 4.31 Å². The number of anilines is 1. The second-order valence-corrected chi connectivity index (χ2v) is 6.69. The van der Waals surface area contributed by atoms with Crippen molar-refractivity contribution in [2.75, 3.05) is 18.0 Å². The maximum absolute atomic E-state index is 12.8. The van der Waals surface area contributed by atoms with Gasteiger partial charge in [0.25, 0.3) is 10.0 Å². The summed E-state index contributed by atoms with van der Waals surface area (Å²) in [5.41, 5.74) is 0.606. The van der Waals surface area contributed by atoms with Gasteiger partial charge in [-0.3, -0.25) is 0 Å². The zero-order chi connectivity index (χ0) is 16.3. The van der Waals surface area contributed by atoms with Crippen molar-refractivity contribution in [3.05, 3.63) is 41.0 Å². The van der Waals surface area contributed by atoms with Crippen LogP contribution in [-0.2, 0) is 10.0 Å². The fourth-order valence-electron chi connectivity index (χ4n) is 1.93. The molecule has 0 bridgehead atoms. The molecule has 0 unspecified atom stereocenters. The van der Waals surface area contributed by atoms with E-state index in [-0.39, 0.29) is 22.4 Å². The highest BCUT2D eigenvalue weighted by Crippen LogP contribution is 2.27. The van der Waals surface area contributed by atoms with Crippen molar-refractivity contribution in [1.29, 1.82) is 0 Å². The monoisotopic (exact) mass is 341 g/mol. The molecule has 0 aliphatic rings. The molecule has 1 aromatic carbocycles. The van der Waals surface area contributed by atoms with Crippen LogP contribution in [0.2, 0.25) is 5.02 Å². The first-order valence-corrected chi connectivity index (χ1v) is 8.39. The first-order chi connectivity index (χ1) is 10.4. The van der Waals surface area contributed by atoms with Crippen LogP contribution >= 0.6 is 11.6 Å². The van der Waals surface area contributed by atoms with Crippen LogP contribution < -0.4 is 9.04 Å². The van der Waals surface area contributed by atoms with Crippen LogP contribution in [0.3, 0.4) is 0 Å². The Bertz CT molecular complexity index is 781. The summed E-state index contributed by atoms with van der Waals surface area (Å²) in [6.45, 7) is 3.61. The van der Waals surface area contributed by atoms with Gasteiger partial charge in [-0.1, -0.05) is 23.7 Å². The number of sulfonamides is 1. The highest BCUT2D eigenvalue weighted by molar-refractivity contribution is 7.93. The Hall–Kier alpha value is -1.86. The number of benzene rings is 1. The number of nitrogens with zero attached hydrogens (tertiary/aromatic N) is 3. The maximum Gasteiger partial charge on any atom is 0.268 e. The Morgan fingerprint density at radius 2 is 1.95 bits per heavy atom. The minimum atomic E-state index is -3.86. The number of aryl methyl sites for hydroxylation is 1. The molecule has 2 rings (SSSR count). The van der Waals surface area contributed by atoms with Crippen LogP contribution in [0.4, 0.5) is 5.95 Å². The molecule has 0 radical (unpaired) electrons. The highest BCUT2D eigenvalue weighted by atomic mass is 35.5. The predicted octanol–water partition coefficient (Wildman–Crippen LogP) is 2.66. The zero-order valence-electron chi connectivity index (χ0n) is 12.4. The molecule has 0 aliphatic heterocycles. The Labute approximate surface area is 134 Å². The standard InChI is InChI=1S/C14H16ClN3O3S/c1-4-18(14-16-10(2)9-13(17-14)21-3)22(19,20)12-8-6-5-7-11(12)15/h5-9H,4H2,1-3H3. The molecule has 118 valence electrons. The minimum absolute atomic E-state index is 0.0163. The summed E-state index contributed by atoms with van der Waals surface area (Å²) in [4.78, 5) is 8.32. The lowest BCUT2D eigenvalue weighted by atomic mass is 10.4. The van der Waals surface area contributed by atoms with Gasteiger partial charge < -0.3 is 4.74 Å². The number of ether oxygens (including phenoxy) is 1. The molecule has 0 fully saturated rings. The van der Waals surface area contributed by atoms with Crippen LogP contribution in [0, 0.1) is 6.92 Å². The predicted molar refractivity (Wildman–Crippen MR) is 85.0 cm³/mol. The smallest absolute Gasteiger partial charge is 0.268 e. The zero-order valence-corrected chi connectivity index (χ0v) is 14.0. The lowest BCUT2D eigenvalue weighted by molar-refractivity contribution is 0.396. The molecular formula is C14H16ClN3O3S. The van der Waals surface area contributed by atoms with Crippen LogP contribution in [0.15, 0.2) is 35.2 Å². The number of hydrogen-bond donors (Lipinski definition) is 0. The summed E-state index contributed by atoms with van der Waals surface area (Å²) < 4.78 is 31.8. The van der Waals surface area contributed by atoms with Gasteiger partial charge >= 0.3 is 0 Å². The van der Waals surface area contributed by atoms with Crippen molar-refractivity contribution in [1.82, 2.24) is 9.97 Å². The third-order valence-electron chi connectivity index (χ3n) is 2.94. The van der Waals surface area contributed by atoms with Gasteiger partial charge in [-0.05, 0) is 26.0 Å². The first kappa shape index (κ1) is 16.5. The van der Waals surface area contributed by atoms with E-state index in [1.54, 1.807) is 32.0 Å². The first-order valence-electron chi connectivity index (χ1n) is 6.57. The molecule has 0 saturated carbocycles. The van der Waals surface area contributed by atoms with Crippen molar-refractivity contribution in [2.45, 2.75) is 18.7 Å². The number of aromatic nitrogens is 2. The SMILES string of the molecule is CCN(c1nc(C)cc(OC)n1)S(=O)(=O)c1ccccc1Cl. The summed E-state index contributed by atoms with van der Waals surface area (Å²) in [5, 5.41) is 0.153. The Morgan fingerprint density at radius 3 is 2.55 bits per heavy atom. The lowest BCUT2D eigenvalue weighted by Crippen LogP contribution is -2.32. The van der Waals surface area contributed by atoms with Crippen molar-refractivity contribution in [2.24, 2.45) is 0 Å². The highest BCUT2D eigenvalue weighted by Gasteiger charge is 2.28. The third kappa shape index (κ3) is 3.15. The van der Waals surface area contributed by atoms with Crippen molar-refractivity contribution >= 4 is 27.6 Å². The van der Waals surface area contributed by atoms with Gasteiger partial charge in [-0.2, -0.15) is 4.98 Å². The Balaban J connectivity index is 2.57. The molecule has 0 spiro atoms. The molecule has 1 heterocycles. The van der Waals surface area contributed by atoms with Gasteiger partial charge in [0.1, 0.15) is 4.90 Å². The molecule has 0 aliphatic carbocycles. The van der Waals surface area contributed by atoms with Gasteiger partial charge in [0, 0.05) is 18.3 Å². The van der Waals surface area contributed by atoms with E-state index in [1.165, 1.54) is 19.2 Å². The van der Waals surface area contributed by atoms with Crippen LogP contribution in [-0.4, -0.2) is 32.0 Å². The Kier molecular flexibility index (Phi) is 4.87. The molecule has 0 N–H and O–H groups in total. The van der Waals surface area contributed by atoms with E-state index >= 15 is 0 Å². The number of hydrogen-bond acceptors (Lipinski definition) is 5. The fourth-order valence-corrected chi connectivity index (χ4v) is 3.80.